The molecule has 144 valence electrons. The molecule has 0 radical (unpaired) electrons. The number of hydrogen-bond donors (Lipinski definition) is 3. The Bertz CT molecular complexity index is 987. The van der Waals surface area contributed by atoms with Crippen molar-refractivity contribution in [3.05, 3.63) is 40.3 Å². The third kappa shape index (κ3) is 4.28. The number of nitrogens with one attached hydrogen (secondary N) is 3. The van der Waals surface area contributed by atoms with Crippen molar-refractivity contribution in [2.75, 3.05) is 37.8 Å². The summed E-state index contributed by atoms with van der Waals surface area (Å²) in [4.78, 5) is 15.0. The smallest absolute Gasteiger partial charge is 0.275 e. The summed E-state index contributed by atoms with van der Waals surface area (Å²) in [5.74, 6) is 1.29. The van der Waals surface area contributed by atoms with Gasteiger partial charge in [0, 0.05) is 35.9 Å². The molecular weight excluding hydrogens is 342 g/mol. The highest BCUT2D eigenvalue weighted by Crippen LogP contribution is 2.25. The minimum Gasteiger partial charge on any atom is -0.384 e. The number of fused-ring (bicyclic) bond motifs is 1. The number of aromatic nitrogens is 4. The maximum absolute atomic E-state index is 12.9. The molecule has 0 amide bonds. The second-order valence-corrected chi connectivity index (χ2v) is 7.24. The summed E-state index contributed by atoms with van der Waals surface area (Å²) in [6.07, 6.45) is 0. The van der Waals surface area contributed by atoms with Gasteiger partial charge < -0.3 is 15.5 Å². The van der Waals surface area contributed by atoms with Crippen LogP contribution in [-0.4, -0.2) is 52.1 Å². The number of H-pyrrole nitrogens is 1. The molecule has 0 aliphatic carbocycles. The van der Waals surface area contributed by atoms with Crippen LogP contribution < -0.4 is 16.2 Å². The Labute approximate surface area is 158 Å². The Kier molecular flexibility index (Phi) is 5.46. The monoisotopic (exact) mass is 369 g/mol. The van der Waals surface area contributed by atoms with Crippen LogP contribution >= 0.6 is 0 Å². The molecule has 0 bridgehead atoms. The number of benzene rings is 1. The molecule has 2 heterocycles. The molecule has 0 aliphatic rings. The van der Waals surface area contributed by atoms with Crippen LogP contribution in [0.15, 0.2) is 29.1 Å². The van der Waals surface area contributed by atoms with Crippen LogP contribution in [0.3, 0.4) is 0 Å². The molecule has 0 spiro atoms. The zero-order valence-corrected chi connectivity index (χ0v) is 16.5. The van der Waals surface area contributed by atoms with Crippen molar-refractivity contribution >= 4 is 28.1 Å². The number of aromatic amines is 1. The number of aryl methyl sites for hydroxylation is 1. The van der Waals surface area contributed by atoms with E-state index >= 15 is 0 Å². The van der Waals surface area contributed by atoms with E-state index in [1.54, 1.807) is 0 Å². The lowest BCUT2D eigenvalue weighted by Gasteiger charge is -2.15. The van der Waals surface area contributed by atoms with Crippen LogP contribution in [0, 0.1) is 6.92 Å². The Balaban J connectivity index is 2.03. The third-order valence-electron chi connectivity index (χ3n) is 4.25. The lowest BCUT2D eigenvalue weighted by Crippen LogP contribution is -2.26. The number of rotatable bonds is 7. The molecule has 0 unspecified atom stereocenters. The number of likely N-dealkylation sites (N-methyl/N-ethyl adjacent to an activating group) is 1. The van der Waals surface area contributed by atoms with Gasteiger partial charge in [0.25, 0.3) is 5.56 Å². The van der Waals surface area contributed by atoms with Crippen LogP contribution in [0.4, 0.5) is 17.3 Å². The summed E-state index contributed by atoms with van der Waals surface area (Å²) in [7, 11) is 4.06. The lowest BCUT2D eigenvalue weighted by molar-refractivity contribution is 0.425. The Morgan fingerprint density at radius 1 is 1.22 bits per heavy atom. The van der Waals surface area contributed by atoms with Crippen molar-refractivity contribution in [3.63, 3.8) is 0 Å². The lowest BCUT2D eigenvalue weighted by atomic mass is 10.1. The fourth-order valence-corrected chi connectivity index (χ4v) is 2.84. The van der Waals surface area contributed by atoms with E-state index in [4.69, 9.17) is 0 Å². The first-order valence-corrected chi connectivity index (χ1v) is 9.09. The maximum Gasteiger partial charge on any atom is 0.275 e. The molecule has 2 aromatic heterocycles. The van der Waals surface area contributed by atoms with Crippen LogP contribution in [0.25, 0.3) is 10.8 Å². The molecule has 0 saturated heterocycles. The van der Waals surface area contributed by atoms with Crippen LogP contribution in [0.5, 0.6) is 0 Å². The van der Waals surface area contributed by atoms with Gasteiger partial charge in [-0.15, -0.1) is 0 Å². The molecule has 1 aromatic carbocycles. The average Bonchev–Trinajstić information content (AvgIpc) is 3.01. The van der Waals surface area contributed by atoms with Gasteiger partial charge in [0.1, 0.15) is 0 Å². The Morgan fingerprint density at radius 2 is 2.00 bits per heavy atom. The predicted octanol–water partition coefficient (Wildman–Crippen LogP) is 2.73. The first-order valence-electron chi connectivity index (χ1n) is 9.09. The number of nitrogens with zero attached hydrogens (tertiary/aromatic N) is 4. The number of hydrogen-bond acceptors (Lipinski definition) is 6. The van der Waals surface area contributed by atoms with Crippen molar-refractivity contribution in [2.24, 2.45) is 0 Å². The van der Waals surface area contributed by atoms with Gasteiger partial charge in [-0.25, -0.2) is 4.68 Å². The van der Waals surface area contributed by atoms with Crippen molar-refractivity contribution < 1.29 is 0 Å². The van der Waals surface area contributed by atoms with E-state index in [2.05, 4.69) is 30.8 Å². The summed E-state index contributed by atoms with van der Waals surface area (Å²) in [5, 5.41) is 19.6. The second-order valence-electron chi connectivity index (χ2n) is 7.24. The molecule has 3 N–H and O–H groups in total. The zero-order valence-electron chi connectivity index (χ0n) is 16.5. The molecule has 0 fully saturated rings. The summed E-state index contributed by atoms with van der Waals surface area (Å²) in [6.45, 7) is 7.55. The average molecular weight is 369 g/mol. The maximum atomic E-state index is 12.9. The van der Waals surface area contributed by atoms with Crippen LogP contribution in [0.1, 0.15) is 25.6 Å². The van der Waals surface area contributed by atoms with Crippen molar-refractivity contribution in [1.29, 1.82) is 0 Å². The van der Waals surface area contributed by atoms with Gasteiger partial charge in [0.2, 0.25) is 0 Å². The van der Waals surface area contributed by atoms with Crippen molar-refractivity contribution in [2.45, 2.75) is 26.8 Å². The highest BCUT2D eigenvalue weighted by Gasteiger charge is 2.14. The summed E-state index contributed by atoms with van der Waals surface area (Å²) < 4.78 is 1.51. The topological polar surface area (TPSA) is 90.9 Å². The summed E-state index contributed by atoms with van der Waals surface area (Å²) in [5.41, 5.74) is 1.77. The molecule has 3 rings (SSSR count). The van der Waals surface area contributed by atoms with Gasteiger partial charge in [-0.1, -0.05) is 0 Å². The quantitative estimate of drug-likeness (QED) is 0.593. The van der Waals surface area contributed by atoms with Crippen LogP contribution in [-0.2, 0) is 0 Å². The Hall–Kier alpha value is -2.87. The summed E-state index contributed by atoms with van der Waals surface area (Å²) in [6, 6.07) is 7.65. The van der Waals surface area contributed by atoms with Gasteiger partial charge in [-0.05, 0) is 53.1 Å². The molecule has 8 heteroatoms. The standard InChI is InChI=1S/C19H27N7O/c1-12(2)26-19(27)16-11-14(20-8-9-25(4)5)6-7-15(16)18(24-26)21-17-10-13(3)22-23-17/h6-7,10-12,20H,8-9H2,1-5H3,(H2,21,22,23,24). The van der Waals surface area contributed by atoms with Gasteiger partial charge in [0.15, 0.2) is 11.6 Å². The minimum atomic E-state index is -0.0972. The van der Waals surface area contributed by atoms with E-state index in [0.29, 0.717) is 17.0 Å². The molecule has 3 aromatic rings. The fraction of sp³-hybridized carbons (Fsp3) is 0.421. The van der Waals surface area contributed by atoms with E-state index in [9.17, 15) is 4.79 Å². The first-order chi connectivity index (χ1) is 12.8. The van der Waals surface area contributed by atoms with Crippen molar-refractivity contribution in [1.82, 2.24) is 24.9 Å². The number of anilines is 3. The molecule has 27 heavy (non-hydrogen) atoms. The molecule has 0 saturated carbocycles. The van der Waals surface area contributed by atoms with Gasteiger partial charge in [-0.3, -0.25) is 9.89 Å². The van der Waals surface area contributed by atoms with Gasteiger partial charge >= 0.3 is 0 Å². The van der Waals surface area contributed by atoms with E-state index in [-0.39, 0.29) is 11.6 Å². The molecule has 8 nitrogen and oxygen atoms in total. The fourth-order valence-electron chi connectivity index (χ4n) is 2.84. The first kappa shape index (κ1) is 18.9. The minimum absolute atomic E-state index is 0.0475. The zero-order chi connectivity index (χ0) is 19.6. The highest BCUT2D eigenvalue weighted by atomic mass is 16.1. The Morgan fingerprint density at radius 3 is 2.63 bits per heavy atom. The second kappa shape index (κ2) is 7.79. The van der Waals surface area contributed by atoms with Gasteiger partial charge in [0.05, 0.1) is 11.4 Å². The van der Waals surface area contributed by atoms with E-state index in [1.165, 1.54) is 4.68 Å². The molecule has 0 aliphatic heterocycles. The highest BCUT2D eigenvalue weighted by molar-refractivity contribution is 5.94. The SMILES string of the molecule is Cc1cc(Nc2nn(C(C)C)c(=O)c3cc(NCCN(C)C)ccc23)n[nH]1. The van der Waals surface area contributed by atoms with Gasteiger partial charge in [-0.2, -0.15) is 10.2 Å². The van der Waals surface area contributed by atoms with E-state index in [1.807, 2.05) is 59.1 Å². The predicted molar refractivity (Wildman–Crippen MR) is 110 cm³/mol. The normalized spacial score (nSPS) is 11.5. The summed E-state index contributed by atoms with van der Waals surface area (Å²) >= 11 is 0. The van der Waals surface area contributed by atoms with Crippen molar-refractivity contribution in [3.8, 4) is 0 Å². The molecule has 0 atom stereocenters. The largest absolute Gasteiger partial charge is 0.384 e. The van der Waals surface area contributed by atoms with E-state index < -0.39 is 0 Å². The van der Waals surface area contributed by atoms with E-state index in [0.717, 1.165) is 29.9 Å². The molecular formula is C19H27N7O. The third-order valence-corrected chi connectivity index (χ3v) is 4.25. The van der Waals surface area contributed by atoms with Crippen LogP contribution in [0.2, 0.25) is 0 Å².